The second-order valence-corrected chi connectivity index (χ2v) is 4.72. The van der Waals surface area contributed by atoms with E-state index in [9.17, 15) is 9.59 Å². The SMILES string of the molecule is CCN(CCC(=O)O)C(=O)Cc1cc(C)ccc1C. The van der Waals surface area contributed by atoms with Gasteiger partial charge in [-0.3, -0.25) is 9.59 Å². The Morgan fingerprint density at radius 3 is 2.53 bits per heavy atom. The molecule has 1 amide bonds. The lowest BCUT2D eigenvalue weighted by Gasteiger charge is -2.20. The first-order valence-electron chi connectivity index (χ1n) is 6.49. The topological polar surface area (TPSA) is 57.6 Å². The minimum Gasteiger partial charge on any atom is -0.481 e. The summed E-state index contributed by atoms with van der Waals surface area (Å²) in [6, 6.07) is 6.04. The molecule has 0 fully saturated rings. The molecule has 1 N–H and O–H groups in total. The number of rotatable bonds is 6. The Morgan fingerprint density at radius 2 is 1.95 bits per heavy atom. The standard InChI is InChI=1S/C15H21NO3/c1-4-16(8-7-15(18)19)14(17)10-13-9-11(2)5-6-12(13)3/h5-6,9H,4,7-8,10H2,1-3H3,(H,18,19). The van der Waals surface area contributed by atoms with Crippen LogP contribution >= 0.6 is 0 Å². The molecule has 0 aromatic heterocycles. The molecular formula is C15H21NO3. The molecule has 1 rings (SSSR count). The smallest absolute Gasteiger partial charge is 0.305 e. The quantitative estimate of drug-likeness (QED) is 0.855. The van der Waals surface area contributed by atoms with Gasteiger partial charge in [-0.15, -0.1) is 0 Å². The fourth-order valence-electron chi connectivity index (χ4n) is 1.96. The number of benzene rings is 1. The largest absolute Gasteiger partial charge is 0.481 e. The zero-order chi connectivity index (χ0) is 14.4. The van der Waals surface area contributed by atoms with Crippen molar-refractivity contribution >= 4 is 11.9 Å². The van der Waals surface area contributed by atoms with E-state index in [4.69, 9.17) is 5.11 Å². The van der Waals surface area contributed by atoms with Crippen molar-refractivity contribution in [3.63, 3.8) is 0 Å². The van der Waals surface area contributed by atoms with Crippen molar-refractivity contribution in [2.24, 2.45) is 0 Å². The van der Waals surface area contributed by atoms with Gasteiger partial charge in [0.05, 0.1) is 12.8 Å². The Kier molecular flexibility index (Phi) is 5.55. The lowest BCUT2D eigenvalue weighted by molar-refractivity contribution is -0.138. The van der Waals surface area contributed by atoms with E-state index in [-0.39, 0.29) is 18.9 Å². The van der Waals surface area contributed by atoms with E-state index in [1.807, 2.05) is 39.0 Å². The summed E-state index contributed by atoms with van der Waals surface area (Å²) in [5, 5.41) is 8.67. The van der Waals surface area contributed by atoms with E-state index < -0.39 is 5.97 Å². The molecule has 4 nitrogen and oxygen atoms in total. The molecule has 0 spiro atoms. The number of likely N-dealkylation sites (N-methyl/N-ethyl adjacent to an activating group) is 1. The van der Waals surface area contributed by atoms with Crippen LogP contribution < -0.4 is 0 Å². The third kappa shape index (κ3) is 4.73. The molecule has 0 aliphatic heterocycles. The maximum absolute atomic E-state index is 12.2. The number of amides is 1. The first kappa shape index (κ1) is 15.2. The van der Waals surface area contributed by atoms with Crippen molar-refractivity contribution in [2.75, 3.05) is 13.1 Å². The zero-order valence-electron chi connectivity index (χ0n) is 11.8. The summed E-state index contributed by atoms with van der Waals surface area (Å²) < 4.78 is 0. The highest BCUT2D eigenvalue weighted by atomic mass is 16.4. The predicted octanol–water partition coefficient (Wildman–Crippen LogP) is 2.17. The van der Waals surface area contributed by atoms with Gasteiger partial charge in [0.25, 0.3) is 0 Å². The van der Waals surface area contributed by atoms with Crippen molar-refractivity contribution in [3.8, 4) is 0 Å². The molecule has 0 atom stereocenters. The fourth-order valence-corrected chi connectivity index (χ4v) is 1.96. The number of aliphatic carboxylic acids is 1. The molecule has 19 heavy (non-hydrogen) atoms. The molecule has 0 aliphatic rings. The molecule has 4 heteroatoms. The van der Waals surface area contributed by atoms with Gasteiger partial charge < -0.3 is 10.0 Å². The number of carboxylic acid groups (broad SMARTS) is 1. The Morgan fingerprint density at radius 1 is 1.26 bits per heavy atom. The van der Waals surface area contributed by atoms with Crippen LogP contribution in [-0.2, 0) is 16.0 Å². The van der Waals surface area contributed by atoms with E-state index in [2.05, 4.69) is 0 Å². The van der Waals surface area contributed by atoms with Crippen LogP contribution in [0.15, 0.2) is 18.2 Å². The van der Waals surface area contributed by atoms with E-state index in [0.29, 0.717) is 13.0 Å². The molecular weight excluding hydrogens is 242 g/mol. The first-order valence-corrected chi connectivity index (χ1v) is 6.49. The van der Waals surface area contributed by atoms with E-state index in [0.717, 1.165) is 16.7 Å². The molecule has 1 aromatic rings. The Labute approximate surface area is 114 Å². The second-order valence-electron chi connectivity index (χ2n) is 4.72. The molecule has 1 aromatic carbocycles. The van der Waals surface area contributed by atoms with Gasteiger partial charge in [0.15, 0.2) is 0 Å². The fraction of sp³-hybridized carbons (Fsp3) is 0.467. The van der Waals surface area contributed by atoms with E-state index >= 15 is 0 Å². The monoisotopic (exact) mass is 263 g/mol. The zero-order valence-corrected chi connectivity index (χ0v) is 11.8. The maximum Gasteiger partial charge on any atom is 0.305 e. The summed E-state index contributed by atoms with van der Waals surface area (Å²) in [4.78, 5) is 24.3. The summed E-state index contributed by atoms with van der Waals surface area (Å²) in [7, 11) is 0. The van der Waals surface area contributed by atoms with Crippen LogP contribution in [0.25, 0.3) is 0 Å². The van der Waals surface area contributed by atoms with Crippen LogP contribution in [0.4, 0.5) is 0 Å². The maximum atomic E-state index is 12.2. The lowest BCUT2D eigenvalue weighted by atomic mass is 10.0. The van der Waals surface area contributed by atoms with Crippen LogP contribution in [0.3, 0.4) is 0 Å². The number of carbonyl (C=O) groups excluding carboxylic acids is 1. The van der Waals surface area contributed by atoms with Crippen LogP contribution in [0, 0.1) is 13.8 Å². The van der Waals surface area contributed by atoms with Crippen LogP contribution in [0.1, 0.15) is 30.0 Å². The predicted molar refractivity (Wildman–Crippen MR) is 74.1 cm³/mol. The molecule has 0 radical (unpaired) electrons. The highest BCUT2D eigenvalue weighted by molar-refractivity contribution is 5.79. The molecule has 0 saturated carbocycles. The molecule has 0 heterocycles. The van der Waals surface area contributed by atoms with Crippen molar-refractivity contribution in [1.29, 1.82) is 0 Å². The van der Waals surface area contributed by atoms with Gasteiger partial charge in [-0.25, -0.2) is 0 Å². The van der Waals surface area contributed by atoms with Gasteiger partial charge >= 0.3 is 5.97 Å². The third-order valence-electron chi connectivity index (χ3n) is 3.18. The number of carboxylic acids is 1. The Balaban J connectivity index is 2.71. The summed E-state index contributed by atoms with van der Waals surface area (Å²) in [5.74, 6) is -0.893. The van der Waals surface area contributed by atoms with Gasteiger partial charge in [-0.2, -0.15) is 0 Å². The second kappa shape index (κ2) is 6.92. The highest BCUT2D eigenvalue weighted by Crippen LogP contribution is 2.12. The highest BCUT2D eigenvalue weighted by Gasteiger charge is 2.14. The Hall–Kier alpha value is -1.84. The number of nitrogens with zero attached hydrogens (tertiary/aromatic N) is 1. The van der Waals surface area contributed by atoms with Crippen LogP contribution in [0.5, 0.6) is 0 Å². The van der Waals surface area contributed by atoms with E-state index in [1.54, 1.807) is 4.90 Å². The lowest BCUT2D eigenvalue weighted by Crippen LogP contribution is -2.34. The molecule has 0 bridgehead atoms. The summed E-state index contributed by atoms with van der Waals surface area (Å²) >= 11 is 0. The number of hydrogen-bond acceptors (Lipinski definition) is 2. The number of carbonyl (C=O) groups is 2. The van der Waals surface area contributed by atoms with Crippen molar-refractivity contribution in [3.05, 3.63) is 34.9 Å². The van der Waals surface area contributed by atoms with Gasteiger partial charge in [-0.05, 0) is 31.9 Å². The minimum atomic E-state index is -0.877. The number of aryl methyl sites for hydroxylation is 2. The summed E-state index contributed by atoms with van der Waals surface area (Å²) in [5.41, 5.74) is 3.23. The first-order chi connectivity index (χ1) is 8.93. The Bertz CT molecular complexity index is 468. The summed E-state index contributed by atoms with van der Waals surface area (Å²) in [6.07, 6.45) is 0.327. The molecule has 0 saturated heterocycles. The minimum absolute atomic E-state index is 0.00756. The average Bonchev–Trinajstić information content (AvgIpc) is 2.34. The molecule has 0 unspecified atom stereocenters. The van der Waals surface area contributed by atoms with E-state index in [1.165, 1.54) is 0 Å². The van der Waals surface area contributed by atoms with Gasteiger partial charge in [0.1, 0.15) is 0 Å². The average molecular weight is 263 g/mol. The van der Waals surface area contributed by atoms with Gasteiger partial charge in [0.2, 0.25) is 5.91 Å². The van der Waals surface area contributed by atoms with Crippen LogP contribution in [-0.4, -0.2) is 35.0 Å². The van der Waals surface area contributed by atoms with Gasteiger partial charge in [0, 0.05) is 13.1 Å². The third-order valence-corrected chi connectivity index (χ3v) is 3.18. The van der Waals surface area contributed by atoms with Crippen molar-refractivity contribution in [2.45, 2.75) is 33.6 Å². The van der Waals surface area contributed by atoms with Crippen molar-refractivity contribution < 1.29 is 14.7 Å². The summed E-state index contributed by atoms with van der Waals surface area (Å²) in [6.45, 7) is 6.65. The molecule has 104 valence electrons. The number of hydrogen-bond donors (Lipinski definition) is 1. The van der Waals surface area contributed by atoms with Crippen LogP contribution in [0.2, 0.25) is 0 Å². The van der Waals surface area contributed by atoms with Crippen molar-refractivity contribution in [1.82, 2.24) is 4.90 Å². The normalized spacial score (nSPS) is 10.3. The van der Waals surface area contributed by atoms with Gasteiger partial charge in [-0.1, -0.05) is 23.8 Å². The molecule has 0 aliphatic carbocycles.